The Balaban J connectivity index is 2.27. The van der Waals surface area contributed by atoms with Crippen LogP contribution >= 0.6 is 0 Å². The van der Waals surface area contributed by atoms with Gasteiger partial charge in [-0.15, -0.1) is 0 Å². The zero-order valence-corrected chi connectivity index (χ0v) is 14.2. The lowest BCUT2D eigenvalue weighted by molar-refractivity contribution is 0.0973. The first-order valence-electron chi connectivity index (χ1n) is 7.86. The number of phenolic OH excluding ortho intramolecular Hbond substituents is 3. The van der Waals surface area contributed by atoms with E-state index in [1.165, 1.54) is 0 Å². The molecule has 5 heteroatoms. The van der Waals surface area contributed by atoms with Gasteiger partial charge in [0, 0.05) is 22.8 Å². The van der Waals surface area contributed by atoms with Gasteiger partial charge >= 0.3 is 0 Å². The molecule has 0 radical (unpaired) electrons. The lowest BCUT2D eigenvalue weighted by Crippen LogP contribution is -2.22. The molecule has 128 valence electrons. The minimum absolute atomic E-state index is 0.0640. The fourth-order valence-corrected chi connectivity index (χ4v) is 3.11. The molecule has 0 saturated heterocycles. The summed E-state index contributed by atoms with van der Waals surface area (Å²) in [6, 6.07) is 3.74. The molecule has 3 rings (SSSR count). The van der Waals surface area contributed by atoms with Gasteiger partial charge in [0.25, 0.3) is 0 Å². The maximum absolute atomic E-state index is 12.8. The third kappa shape index (κ3) is 2.58. The third-order valence-corrected chi connectivity index (χ3v) is 4.39. The second kappa shape index (κ2) is 5.77. The summed E-state index contributed by atoms with van der Waals surface area (Å²) in [6.07, 6.45) is 2.36. The van der Waals surface area contributed by atoms with E-state index in [0.29, 0.717) is 17.5 Å². The van der Waals surface area contributed by atoms with Crippen LogP contribution in [0.25, 0.3) is 0 Å². The molecule has 3 N–H and O–H groups in total. The molecule has 0 bridgehead atoms. The number of ketones is 2. The summed E-state index contributed by atoms with van der Waals surface area (Å²) in [5.41, 5.74) is 2.07. The van der Waals surface area contributed by atoms with Crippen molar-refractivity contribution in [3.63, 3.8) is 0 Å². The number of carbonyl (C=O) groups excluding carboxylic acids is 2. The first-order chi connectivity index (χ1) is 11.7. The van der Waals surface area contributed by atoms with Crippen molar-refractivity contribution in [3.05, 3.63) is 63.2 Å². The summed E-state index contributed by atoms with van der Waals surface area (Å²) < 4.78 is 0. The number of carbonyl (C=O) groups is 2. The number of phenols is 3. The van der Waals surface area contributed by atoms with Crippen molar-refractivity contribution >= 4 is 11.6 Å². The maximum Gasteiger partial charge on any atom is 0.201 e. The zero-order valence-electron chi connectivity index (χ0n) is 14.2. The molecule has 0 fully saturated rings. The molecule has 1 aliphatic rings. The van der Waals surface area contributed by atoms with Crippen molar-refractivity contribution in [3.8, 4) is 17.2 Å². The Morgan fingerprint density at radius 1 is 0.960 bits per heavy atom. The van der Waals surface area contributed by atoms with E-state index in [-0.39, 0.29) is 33.8 Å². The molecular formula is C20H18O5. The van der Waals surface area contributed by atoms with Crippen molar-refractivity contribution in [2.45, 2.75) is 27.2 Å². The summed E-state index contributed by atoms with van der Waals surface area (Å²) >= 11 is 0. The molecule has 2 aromatic carbocycles. The second-order valence-electron chi connectivity index (χ2n) is 6.47. The molecule has 0 heterocycles. The van der Waals surface area contributed by atoms with Gasteiger partial charge in [-0.05, 0) is 44.9 Å². The maximum atomic E-state index is 12.8. The van der Waals surface area contributed by atoms with E-state index in [2.05, 4.69) is 0 Å². The third-order valence-electron chi connectivity index (χ3n) is 4.39. The summed E-state index contributed by atoms with van der Waals surface area (Å²) in [5, 5.41) is 30.3. The highest BCUT2D eigenvalue weighted by molar-refractivity contribution is 6.30. The molecule has 0 amide bonds. The highest BCUT2D eigenvalue weighted by atomic mass is 16.3. The first-order valence-corrected chi connectivity index (χ1v) is 7.86. The van der Waals surface area contributed by atoms with Crippen molar-refractivity contribution in [2.75, 3.05) is 0 Å². The van der Waals surface area contributed by atoms with E-state index in [9.17, 15) is 24.9 Å². The summed E-state index contributed by atoms with van der Waals surface area (Å²) in [5.74, 6) is -2.16. The normalized spacial score (nSPS) is 12.6. The van der Waals surface area contributed by atoms with Gasteiger partial charge in [-0.2, -0.15) is 0 Å². The van der Waals surface area contributed by atoms with Gasteiger partial charge in [-0.25, -0.2) is 0 Å². The molecular weight excluding hydrogens is 320 g/mol. The molecule has 2 aromatic rings. The lowest BCUT2D eigenvalue weighted by Gasteiger charge is -2.22. The van der Waals surface area contributed by atoms with Crippen molar-refractivity contribution in [2.24, 2.45) is 0 Å². The Hall–Kier alpha value is -3.08. The number of aromatic hydroxyl groups is 3. The minimum atomic E-state index is -0.627. The van der Waals surface area contributed by atoms with Crippen LogP contribution in [0.5, 0.6) is 17.2 Å². The zero-order chi connectivity index (χ0) is 18.5. The van der Waals surface area contributed by atoms with Crippen LogP contribution < -0.4 is 0 Å². The number of fused-ring (bicyclic) bond motifs is 2. The Bertz CT molecular complexity index is 963. The average Bonchev–Trinajstić information content (AvgIpc) is 2.50. The van der Waals surface area contributed by atoms with Gasteiger partial charge in [0.05, 0.1) is 11.1 Å². The number of rotatable bonds is 2. The number of benzene rings is 2. The van der Waals surface area contributed by atoms with Gasteiger partial charge in [0.15, 0.2) is 5.78 Å². The van der Waals surface area contributed by atoms with Crippen LogP contribution in [-0.4, -0.2) is 26.9 Å². The number of hydrogen-bond acceptors (Lipinski definition) is 5. The molecule has 0 aliphatic heterocycles. The smallest absolute Gasteiger partial charge is 0.201 e. The van der Waals surface area contributed by atoms with Gasteiger partial charge in [-0.3, -0.25) is 9.59 Å². The molecule has 5 nitrogen and oxygen atoms in total. The van der Waals surface area contributed by atoms with E-state index in [1.54, 1.807) is 13.0 Å². The van der Waals surface area contributed by atoms with Crippen molar-refractivity contribution < 1.29 is 24.9 Å². The molecule has 25 heavy (non-hydrogen) atoms. The van der Waals surface area contributed by atoms with Crippen LogP contribution in [0, 0.1) is 6.92 Å². The summed E-state index contributed by atoms with van der Waals surface area (Å²) in [6.45, 7) is 5.63. The highest BCUT2D eigenvalue weighted by Crippen LogP contribution is 2.41. The largest absolute Gasteiger partial charge is 0.508 e. The number of aryl methyl sites for hydroxylation is 1. The van der Waals surface area contributed by atoms with Crippen LogP contribution in [0.1, 0.15) is 56.8 Å². The average molecular weight is 338 g/mol. The van der Waals surface area contributed by atoms with Gasteiger partial charge in [0.2, 0.25) is 5.78 Å². The van der Waals surface area contributed by atoms with Gasteiger partial charge in [-0.1, -0.05) is 11.6 Å². The number of allylic oxidation sites excluding steroid dienone is 2. The Kier molecular flexibility index (Phi) is 3.87. The molecule has 0 unspecified atom stereocenters. The monoisotopic (exact) mass is 338 g/mol. The Morgan fingerprint density at radius 3 is 2.24 bits per heavy atom. The second-order valence-corrected chi connectivity index (χ2v) is 6.47. The molecule has 0 aromatic heterocycles. The van der Waals surface area contributed by atoms with Crippen molar-refractivity contribution in [1.82, 2.24) is 0 Å². The van der Waals surface area contributed by atoms with E-state index in [0.717, 1.165) is 17.7 Å². The summed E-state index contributed by atoms with van der Waals surface area (Å²) in [7, 11) is 0. The highest BCUT2D eigenvalue weighted by Gasteiger charge is 2.36. The van der Waals surface area contributed by atoms with E-state index >= 15 is 0 Å². The Morgan fingerprint density at radius 2 is 1.60 bits per heavy atom. The first kappa shape index (κ1) is 16.8. The van der Waals surface area contributed by atoms with Crippen LogP contribution in [0.2, 0.25) is 0 Å². The lowest BCUT2D eigenvalue weighted by atomic mass is 9.80. The molecule has 0 spiro atoms. The standard InChI is InChI=1S/C20H18O5/c1-9(2)4-5-12-10(3)6-13-17(19(12)24)20(25)16-14(18(13)23)7-11(21)8-15(16)22/h4,6-8,21-22,24H,5H2,1-3H3. The fourth-order valence-electron chi connectivity index (χ4n) is 3.11. The van der Waals surface area contributed by atoms with E-state index in [1.807, 2.05) is 19.9 Å². The predicted octanol–water partition coefficient (Wildman–Crippen LogP) is 3.40. The van der Waals surface area contributed by atoms with E-state index < -0.39 is 17.3 Å². The quantitative estimate of drug-likeness (QED) is 0.623. The summed E-state index contributed by atoms with van der Waals surface area (Å²) in [4.78, 5) is 25.6. The fraction of sp³-hybridized carbons (Fsp3) is 0.200. The van der Waals surface area contributed by atoms with Gasteiger partial charge < -0.3 is 15.3 Å². The Labute approximate surface area is 144 Å². The van der Waals surface area contributed by atoms with Crippen LogP contribution in [0.15, 0.2) is 29.8 Å². The predicted molar refractivity (Wildman–Crippen MR) is 92.6 cm³/mol. The topological polar surface area (TPSA) is 94.8 Å². The van der Waals surface area contributed by atoms with Crippen LogP contribution in [-0.2, 0) is 6.42 Å². The van der Waals surface area contributed by atoms with Gasteiger partial charge in [0.1, 0.15) is 17.2 Å². The minimum Gasteiger partial charge on any atom is -0.508 e. The SMILES string of the molecule is CC(C)=CCc1c(C)cc2c(c1O)C(=O)c1c(O)cc(O)cc1C2=O. The van der Waals surface area contributed by atoms with Crippen molar-refractivity contribution in [1.29, 1.82) is 0 Å². The van der Waals surface area contributed by atoms with Crippen LogP contribution in [0.4, 0.5) is 0 Å². The number of hydrogen-bond donors (Lipinski definition) is 3. The van der Waals surface area contributed by atoms with E-state index in [4.69, 9.17) is 0 Å². The molecule has 1 aliphatic carbocycles. The van der Waals surface area contributed by atoms with Crippen LogP contribution in [0.3, 0.4) is 0 Å². The molecule has 0 saturated carbocycles. The molecule has 0 atom stereocenters.